The number of aliphatic hydroxyl groups is 1. The molecule has 1 aliphatic rings. The summed E-state index contributed by atoms with van der Waals surface area (Å²) in [5, 5.41) is 11.9. The molecule has 209 valence electrons. The van der Waals surface area contributed by atoms with Crippen LogP contribution in [0.25, 0.3) is 44.1 Å². The van der Waals surface area contributed by atoms with Crippen LogP contribution in [0, 0.1) is 18.4 Å². The zero-order valence-electron chi connectivity index (χ0n) is 24.4. The van der Waals surface area contributed by atoms with Crippen molar-refractivity contribution in [3.8, 4) is 11.3 Å². The normalized spacial score (nSPS) is 13.9. The Labute approximate surface area is 249 Å². The molecule has 4 nitrogen and oxygen atoms in total. The summed E-state index contributed by atoms with van der Waals surface area (Å²) in [7, 11) is 0. The van der Waals surface area contributed by atoms with Gasteiger partial charge < -0.3 is 9.52 Å². The van der Waals surface area contributed by atoms with Crippen molar-refractivity contribution in [1.29, 1.82) is 0 Å². The minimum atomic E-state index is -0.220. The third-order valence-corrected chi connectivity index (χ3v) is 7.35. The molecule has 0 amide bonds. The summed E-state index contributed by atoms with van der Waals surface area (Å²) in [6.45, 7) is 16.5. The van der Waals surface area contributed by atoms with Crippen molar-refractivity contribution >= 4 is 38.6 Å². The smallest absolute Gasteiger partial charge is 0.155 e. The first-order valence-electron chi connectivity index (χ1n) is 13.5. The number of fused-ring (bicyclic) bond motifs is 3. The molecular weight excluding hydrogens is 675 g/mol. The Bertz CT molecular complexity index is 1800. The average Bonchev–Trinajstić information content (AvgIpc) is 3.19. The molecule has 0 unspecified atom stereocenters. The van der Waals surface area contributed by atoms with Crippen LogP contribution in [0.4, 0.5) is 0 Å². The van der Waals surface area contributed by atoms with Gasteiger partial charge in [-0.3, -0.25) is 9.78 Å². The van der Waals surface area contributed by atoms with Crippen molar-refractivity contribution in [3.05, 3.63) is 88.7 Å². The Balaban J connectivity index is 0.000000413. The maximum atomic E-state index is 10.0. The summed E-state index contributed by atoms with van der Waals surface area (Å²) in [5.74, 6) is -0.0625. The van der Waals surface area contributed by atoms with Crippen LogP contribution in [0.2, 0.25) is 0 Å². The predicted molar refractivity (Wildman–Crippen MR) is 160 cm³/mol. The molecule has 2 heterocycles. The van der Waals surface area contributed by atoms with E-state index in [1.54, 1.807) is 0 Å². The third kappa shape index (κ3) is 5.38. The third-order valence-electron chi connectivity index (χ3n) is 7.35. The molecule has 0 aliphatic heterocycles. The molecule has 1 radical (unpaired) electrons. The Morgan fingerprint density at radius 3 is 2.40 bits per heavy atom. The molecular formula is C35H36IrNO3-. The van der Waals surface area contributed by atoms with Gasteiger partial charge >= 0.3 is 0 Å². The van der Waals surface area contributed by atoms with Crippen molar-refractivity contribution in [1.82, 2.24) is 4.98 Å². The van der Waals surface area contributed by atoms with Crippen molar-refractivity contribution in [2.45, 2.75) is 67.2 Å². The SMILES string of the molecule is CC(=O)/C=C(/C)O.Cc1ccc2nc3c(cc2c1)C(C)(C)c1ccc(CC(C)(C)C)c2oc4cc[c-]c-3c4c12.[Ir]. The first-order valence-corrected chi connectivity index (χ1v) is 13.5. The van der Waals surface area contributed by atoms with E-state index in [0.717, 1.165) is 39.7 Å². The molecule has 3 aromatic carbocycles. The summed E-state index contributed by atoms with van der Waals surface area (Å²) in [4.78, 5) is 15.2. The Morgan fingerprint density at radius 2 is 1.77 bits per heavy atom. The van der Waals surface area contributed by atoms with E-state index in [1.165, 1.54) is 52.9 Å². The molecule has 0 saturated heterocycles. The van der Waals surface area contributed by atoms with Gasteiger partial charge in [-0.15, -0.1) is 17.7 Å². The number of allylic oxidation sites excluding steroid dienone is 2. The van der Waals surface area contributed by atoms with E-state index in [-0.39, 0.29) is 42.5 Å². The van der Waals surface area contributed by atoms with Crippen molar-refractivity contribution in [3.63, 3.8) is 0 Å². The number of aromatic nitrogens is 1. The van der Waals surface area contributed by atoms with Crippen LogP contribution in [0.3, 0.4) is 0 Å². The first kappa shape index (κ1) is 29.7. The number of hydrogen-bond acceptors (Lipinski definition) is 4. The summed E-state index contributed by atoms with van der Waals surface area (Å²) < 4.78 is 6.55. The number of pyridine rings is 1. The molecule has 1 aliphatic carbocycles. The van der Waals surface area contributed by atoms with E-state index in [0.29, 0.717) is 0 Å². The van der Waals surface area contributed by atoms with Crippen molar-refractivity contribution in [2.75, 3.05) is 0 Å². The molecule has 0 fully saturated rings. The van der Waals surface area contributed by atoms with E-state index in [2.05, 4.69) is 84.0 Å². The number of aliphatic hydroxyl groups excluding tert-OH is 1. The van der Waals surface area contributed by atoms with Crippen LogP contribution in [-0.4, -0.2) is 15.9 Å². The number of carbonyl (C=O) groups excluding carboxylic acids is 1. The van der Waals surface area contributed by atoms with E-state index in [1.807, 2.05) is 12.1 Å². The topological polar surface area (TPSA) is 63.3 Å². The zero-order valence-corrected chi connectivity index (χ0v) is 26.8. The van der Waals surface area contributed by atoms with Crippen LogP contribution < -0.4 is 0 Å². The second kappa shape index (κ2) is 10.6. The van der Waals surface area contributed by atoms with Gasteiger partial charge in [0.25, 0.3) is 0 Å². The first-order chi connectivity index (χ1) is 18.3. The van der Waals surface area contributed by atoms with Gasteiger partial charge in [0.1, 0.15) is 5.58 Å². The molecule has 0 saturated carbocycles. The van der Waals surface area contributed by atoms with Crippen molar-refractivity contribution < 1.29 is 34.4 Å². The van der Waals surface area contributed by atoms with Gasteiger partial charge in [-0.05, 0) is 72.3 Å². The standard InChI is InChI=1S/C30H28NO.C5H8O2.Ir/c1-17-10-13-23-19(14-17)15-22-27(31-23)20-8-7-9-24-25(20)26-21(30(22,5)6)12-11-18(28(26)32-24)16-29(2,3)4;1-4(6)3-5(2)7;/h7,9-15H,16H2,1-6H3;3,6H,1-2H3;/q-1;;/b;4-3-;. The Morgan fingerprint density at radius 1 is 1.05 bits per heavy atom. The van der Waals surface area contributed by atoms with Gasteiger partial charge in [-0.25, -0.2) is 0 Å². The molecule has 0 spiro atoms. The Hall–Kier alpha value is -3.27. The molecule has 5 aromatic rings. The van der Waals surface area contributed by atoms with Crippen LogP contribution in [0.1, 0.15) is 70.7 Å². The fraction of sp³-hybridized carbons (Fsp3) is 0.314. The maximum absolute atomic E-state index is 10.0. The summed E-state index contributed by atoms with van der Waals surface area (Å²) >= 11 is 0. The number of rotatable bonds is 2. The quantitative estimate of drug-likeness (QED) is 0.113. The van der Waals surface area contributed by atoms with E-state index < -0.39 is 0 Å². The van der Waals surface area contributed by atoms with Gasteiger partial charge in [-0.1, -0.05) is 81.5 Å². The zero-order chi connectivity index (χ0) is 28.3. The maximum Gasteiger partial charge on any atom is 0.155 e. The van der Waals surface area contributed by atoms with Crippen LogP contribution in [-0.2, 0) is 36.7 Å². The molecule has 5 heteroatoms. The molecule has 1 N–H and O–H groups in total. The summed E-state index contributed by atoms with van der Waals surface area (Å²) in [6, 6.07) is 21.0. The van der Waals surface area contributed by atoms with E-state index >= 15 is 0 Å². The van der Waals surface area contributed by atoms with Crippen molar-refractivity contribution in [2.24, 2.45) is 5.41 Å². The van der Waals surface area contributed by atoms with E-state index in [4.69, 9.17) is 14.5 Å². The van der Waals surface area contributed by atoms with Gasteiger partial charge in [0.05, 0.1) is 16.9 Å². The van der Waals surface area contributed by atoms with E-state index in [9.17, 15) is 4.79 Å². The number of nitrogens with zero attached hydrogens (tertiary/aromatic N) is 1. The largest absolute Gasteiger partial charge is 0.512 e. The molecule has 2 aromatic heterocycles. The van der Waals surface area contributed by atoms with Gasteiger partial charge in [0, 0.05) is 31.6 Å². The fourth-order valence-corrected chi connectivity index (χ4v) is 5.73. The molecule has 6 rings (SSSR count). The number of carbonyl (C=O) groups is 1. The number of aryl methyl sites for hydroxylation is 1. The predicted octanol–water partition coefficient (Wildman–Crippen LogP) is 9.17. The summed E-state index contributed by atoms with van der Waals surface area (Å²) in [6.07, 6.45) is 2.14. The molecule has 0 atom stereocenters. The number of benzene rings is 3. The second-order valence-corrected chi connectivity index (χ2v) is 12.5. The second-order valence-electron chi connectivity index (χ2n) is 12.5. The van der Waals surface area contributed by atoms with Crippen LogP contribution >= 0.6 is 0 Å². The van der Waals surface area contributed by atoms with Crippen LogP contribution in [0.5, 0.6) is 0 Å². The monoisotopic (exact) mass is 711 g/mol. The average molecular weight is 711 g/mol. The minimum Gasteiger partial charge on any atom is -0.512 e. The number of ketones is 1. The molecule has 0 bridgehead atoms. The molecule has 40 heavy (non-hydrogen) atoms. The minimum absolute atomic E-state index is 0. The number of furan rings is 1. The summed E-state index contributed by atoms with van der Waals surface area (Å²) in [5.41, 5.74) is 10.1. The number of hydrogen-bond donors (Lipinski definition) is 1. The van der Waals surface area contributed by atoms with Gasteiger partial charge in [0.15, 0.2) is 5.78 Å². The van der Waals surface area contributed by atoms with Crippen LogP contribution in [0.15, 0.2) is 64.8 Å². The van der Waals surface area contributed by atoms with Gasteiger partial charge in [0.2, 0.25) is 0 Å². The Kier molecular flexibility index (Phi) is 7.88. The van der Waals surface area contributed by atoms with Gasteiger partial charge in [-0.2, -0.15) is 0 Å². The fourth-order valence-electron chi connectivity index (χ4n) is 5.73.